The minimum atomic E-state index is 0. The van der Waals surface area contributed by atoms with Crippen LogP contribution in [0, 0.1) is 0 Å². The van der Waals surface area contributed by atoms with E-state index in [1.807, 2.05) is 7.05 Å². The molecule has 0 atom stereocenters. The molecule has 2 aromatic heterocycles. The van der Waals surface area contributed by atoms with E-state index in [2.05, 4.69) is 57.1 Å². The van der Waals surface area contributed by atoms with Gasteiger partial charge in [0.15, 0.2) is 5.96 Å². The van der Waals surface area contributed by atoms with Gasteiger partial charge in [0.1, 0.15) is 12.2 Å². The van der Waals surface area contributed by atoms with Gasteiger partial charge in [0.05, 0.1) is 6.54 Å². The number of nitrogens with zero attached hydrogens (tertiary/aromatic N) is 4. The summed E-state index contributed by atoms with van der Waals surface area (Å²) in [6.45, 7) is 5.85. The number of hydrogen-bond acceptors (Lipinski definition) is 4. The van der Waals surface area contributed by atoms with Crippen molar-refractivity contribution in [2.45, 2.75) is 25.8 Å². The molecule has 0 aliphatic rings. The molecule has 0 saturated carbocycles. The van der Waals surface area contributed by atoms with Crippen molar-refractivity contribution >= 4 is 41.3 Å². The van der Waals surface area contributed by atoms with Crippen molar-refractivity contribution in [3.05, 3.63) is 34.5 Å². The van der Waals surface area contributed by atoms with Gasteiger partial charge in [-0.3, -0.25) is 9.67 Å². The zero-order valence-corrected chi connectivity index (χ0v) is 16.5. The third kappa shape index (κ3) is 4.94. The van der Waals surface area contributed by atoms with E-state index in [1.165, 1.54) is 4.88 Å². The molecule has 0 aliphatic heterocycles. The summed E-state index contributed by atoms with van der Waals surface area (Å²) in [7, 11) is 3.64. The molecular weight excluding hydrogens is 411 g/mol. The van der Waals surface area contributed by atoms with Crippen LogP contribution in [-0.2, 0) is 19.0 Å². The van der Waals surface area contributed by atoms with E-state index in [-0.39, 0.29) is 29.4 Å². The molecule has 0 saturated heterocycles. The van der Waals surface area contributed by atoms with Crippen molar-refractivity contribution in [1.82, 2.24) is 25.4 Å². The van der Waals surface area contributed by atoms with Gasteiger partial charge in [0, 0.05) is 30.9 Å². The number of aromatic nitrogens is 3. The monoisotopic (exact) mass is 434 g/mol. The molecule has 2 N–H and O–H groups in total. The van der Waals surface area contributed by atoms with E-state index in [9.17, 15) is 0 Å². The Labute approximate surface area is 152 Å². The van der Waals surface area contributed by atoms with E-state index < -0.39 is 0 Å². The van der Waals surface area contributed by atoms with E-state index in [0.717, 1.165) is 18.3 Å². The Hall–Kier alpha value is -1.16. The predicted octanol–water partition coefficient (Wildman–Crippen LogP) is 2.14. The van der Waals surface area contributed by atoms with Gasteiger partial charge in [-0.15, -0.1) is 35.3 Å². The number of halogens is 1. The Kier molecular flexibility index (Phi) is 7.27. The zero-order chi connectivity index (χ0) is 15.3. The Balaban J connectivity index is 0.00000242. The number of aliphatic imine (C=N–C) groups is 1. The third-order valence-corrected chi connectivity index (χ3v) is 4.56. The maximum Gasteiger partial charge on any atom is 0.191 e. The van der Waals surface area contributed by atoms with Crippen LogP contribution in [-0.4, -0.2) is 34.3 Å². The molecule has 2 rings (SSSR count). The van der Waals surface area contributed by atoms with Gasteiger partial charge in [-0.2, -0.15) is 5.10 Å². The zero-order valence-electron chi connectivity index (χ0n) is 13.3. The van der Waals surface area contributed by atoms with Gasteiger partial charge in [0.2, 0.25) is 0 Å². The first kappa shape index (κ1) is 18.9. The molecule has 0 spiro atoms. The first-order valence-electron chi connectivity index (χ1n) is 6.84. The van der Waals surface area contributed by atoms with Crippen LogP contribution in [0.1, 0.15) is 24.5 Å². The standard InChI is InChI=1S/C14H22N6S.HI/c1-14(2,11-6-5-7-21-11)9-17-13(15-3)16-8-12-18-10-19-20(12)4;/h5-7,10H,8-9H2,1-4H3,(H2,15,16,17);1H. The number of hydrogen-bond donors (Lipinski definition) is 2. The highest BCUT2D eigenvalue weighted by Crippen LogP contribution is 2.26. The molecule has 122 valence electrons. The van der Waals surface area contributed by atoms with Crippen LogP contribution < -0.4 is 10.6 Å². The average molecular weight is 434 g/mol. The van der Waals surface area contributed by atoms with Crippen molar-refractivity contribution in [2.24, 2.45) is 12.0 Å². The molecule has 0 bridgehead atoms. The third-order valence-electron chi connectivity index (χ3n) is 3.33. The lowest BCUT2D eigenvalue weighted by Crippen LogP contribution is -2.43. The molecule has 0 unspecified atom stereocenters. The first-order chi connectivity index (χ1) is 10.0. The smallest absolute Gasteiger partial charge is 0.191 e. The Bertz CT molecular complexity index is 590. The molecule has 22 heavy (non-hydrogen) atoms. The Morgan fingerprint density at radius 2 is 2.18 bits per heavy atom. The van der Waals surface area contributed by atoms with Gasteiger partial charge in [-0.25, -0.2) is 4.98 Å². The van der Waals surface area contributed by atoms with Crippen LogP contribution in [0.25, 0.3) is 0 Å². The molecule has 8 heteroatoms. The van der Waals surface area contributed by atoms with E-state index >= 15 is 0 Å². The number of guanidine groups is 1. The summed E-state index contributed by atoms with van der Waals surface area (Å²) in [5, 5.41) is 12.8. The topological polar surface area (TPSA) is 67.1 Å². The molecular formula is C14H23IN6S. The van der Waals surface area contributed by atoms with Crippen molar-refractivity contribution in [2.75, 3.05) is 13.6 Å². The first-order valence-corrected chi connectivity index (χ1v) is 7.72. The number of aryl methyl sites for hydroxylation is 1. The highest BCUT2D eigenvalue weighted by atomic mass is 127. The minimum Gasteiger partial charge on any atom is -0.356 e. The van der Waals surface area contributed by atoms with Crippen LogP contribution in [0.3, 0.4) is 0 Å². The summed E-state index contributed by atoms with van der Waals surface area (Å²) in [6, 6.07) is 4.25. The van der Waals surface area contributed by atoms with Gasteiger partial charge < -0.3 is 10.6 Å². The van der Waals surface area contributed by atoms with Gasteiger partial charge in [0.25, 0.3) is 0 Å². The highest BCUT2D eigenvalue weighted by molar-refractivity contribution is 14.0. The van der Waals surface area contributed by atoms with E-state index in [4.69, 9.17) is 0 Å². The van der Waals surface area contributed by atoms with Gasteiger partial charge in [-0.1, -0.05) is 19.9 Å². The van der Waals surface area contributed by atoms with Crippen LogP contribution in [0.4, 0.5) is 0 Å². The Morgan fingerprint density at radius 3 is 2.73 bits per heavy atom. The lowest BCUT2D eigenvalue weighted by molar-refractivity contribution is 0.517. The predicted molar refractivity (Wildman–Crippen MR) is 102 cm³/mol. The van der Waals surface area contributed by atoms with Crippen molar-refractivity contribution in [1.29, 1.82) is 0 Å². The van der Waals surface area contributed by atoms with Crippen molar-refractivity contribution in [3.63, 3.8) is 0 Å². The summed E-state index contributed by atoms with van der Waals surface area (Å²) >= 11 is 1.78. The maximum atomic E-state index is 4.24. The summed E-state index contributed by atoms with van der Waals surface area (Å²) in [5.41, 5.74) is 0.0660. The fourth-order valence-electron chi connectivity index (χ4n) is 1.92. The summed E-state index contributed by atoms with van der Waals surface area (Å²) in [6.07, 6.45) is 1.55. The quantitative estimate of drug-likeness (QED) is 0.430. The van der Waals surface area contributed by atoms with Crippen LogP contribution >= 0.6 is 35.3 Å². The van der Waals surface area contributed by atoms with Crippen molar-refractivity contribution < 1.29 is 0 Å². The number of thiophene rings is 1. The summed E-state index contributed by atoms with van der Waals surface area (Å²) < 4.78 is 1.75. The molecule has 0 aromatic carbocycles. The molecule has 2 heterocycles. The fraction of sp³-hybridized carbons (Fsp3) is 0.500. The molecule has 0 amide bonds. The van der Waals surface area contributed by atoms with Gasteiger partial charge in [-0.05, 0) is 11.4 Å². The van der Waals surface area contributed by atoms with Crippen LogP contribution in [0.5, 0.6) is 0 Å². The van der Waals surface area contributed by atoms with E-state index in [0.29, 0.717) is 6.54 Å². The molecule has 0 radical (unpaired) electrons. The second-order valence-corrected chi connectivity index (χ2v) is 6.39. The normalized spacial score (nSPS) is 11.9. The van der Waals surface area contributed by atoms with Gasteiger partial charge >= 0.3 is 0 Å². The lowest BCUT2D eigenvalue weighted by atomic mass is 9.91. The lowest BCUT2D eigenvalue weighted by Gasteiger charge is -2.25. The fourth-order valence-corrected chi connectivity index (χ4v) is 2.77. The second kappa shape index (κ2) is 8.47. The molecule has 0 aliphatic carbocycles. The van der Waals surface area contributed by atoms with Crippen LogP contribution in [0.15, 0.2) is 28.8 Å². The van der Waals surface area contributed by atoms with Crippen molar-refractivity contribution in [3.8, 4) is 0 Å². The SMILES string of the molecule is CN=C(NCc1ncnn1C)NCC(C)(C)c1cccs1.I. The highest BCUT2D eigenvalue weighted by Gasteiger charge is 2.21. The number of rotatable bonds is 5. The Morgan fingerprint density at radius 1 is 1.41 bits per heavy atom. The molecule has 6 nitrogen and oxygen atoms in total. The maximum absolute atomic E-state index is 4.24. The largest absolute Gasteiger partial charge is 0.356 e. The summed E-state index contributed by atoms with van der Waals surface area (Å²) in [4.78, 5) is 9.78. The molecule has 2 aromatic rings. The summed E-state index contributed by atoms with van der Waals surface area (Å²) in [5.74, 6) is 1.64. The second-order valence-electron chi connectivity index (χ2n) is 5.44. The van der Waals surface area contributed by atoms with Crippen LogP contribution in [0.2, 0.25) is 0 Å². The van der Waals surface area contributed by atoms with E-state index in [1.54, 1.807) is 29.4 Å². The molecule has 0 fully saturated rings. The number of nitrogens with one attached hydrogen (secondary N) is 2. The average Bonchev–Trinajstić information content (AvgIpc) is 3.11. The minimum absolute atomic E-state index is 0.